The summed E-state index contributed by atoms with van der Waals surface area (Å²) in [4.78, 5) is 2.47. The Bertz CT molecular complexity index is 1120. The SMILES string of the molecule is Cc1cccc(CN(Cc2ccc(CN)cc2)Cc2cccc(Oc3ccccc3)c2)c1. The van der Waals surface area contributed by atoms with Gasteiger partial charge in [-0.1, -0.05) is 84.4 Å². The number of para-hydroxylation sites is 1. The number of nitrogens with two attached hydrogens (primary N) is 1. The van der Waals surface area contributed by atoms with E-state index < -0.39 is 0 Å². The van der Waals surface area contributed by atoms with Crippen molar-refractivity contribution in [1.82, 2.24) is 4.90 Å². The van der Waals surface area contributed by atoms with E-state index in [0.717, 1.165) is 36.7 Å². The third-order valence-electron chi connectivity index (χ3n) is 5.44. The van der Waals surface area contributed by atoms with Crippen LogP contribution < -0.4 is 10.5 Å². The molecule has 4 aromatic rings. The Kier molecular flexibility index (Phi) is 7.34. The van der Waals surface area contributed by atoms with Gasteiger partial charge in [-0.25, -0.2) is 0 Å². The summed E-state index contributed by atoms with van der Waals surface area (Å²) in [5.41, 5.74) is 12.0. The second-order valence-corrected chi connectivity index (χ2v) is 8.22. The quantitative estimate of drug-likeness (QED) is 0.337. The van der Waals surface area contributed by atoms with Crippen LogP contribution in [0.4, 0.5) is 0 Å². The van der Waals surface area contributed by atoms with E-state index >= 15 is 0 Å². The summed E-state index contributed by atoms with van der Waals surface area (Å²) < 4.78 is 6.05. The van der Waals surface area contributed by atoms with E-state index in [1.807, 2.05) is 36.4 Å². The minimum atomic E-state index is 0.571. The smallest absolute Gasteiger partial charge is 0.127 e. The molecule has 0 bridgehead atoms. The van der Waals surface area contributed by atoms with Crippen molar-refractivity contribution >= 4 is 0 Å². The minimum Gasteiger partial charge on any atom is -0.457 e. The lowest BCUT2D eigenvalue weighted by atomic mass is 10.1. The number of nitrogens with zero attached hydrogens (tertiary/aromatic N) is 1. The highest BCUT2D eigenvalue weighted by Crippen LogP contribution is 2.23. The largest absolute Gasteiger partial charge is 0.457 e. The lowest BCUT2D eigenvalue weighted by molar-refractivity contribution is 0.247. The molecule has 0 aliphatic heterocycles. The Morgan fingerprint density at radius 3 is 1.88 bits per heavy atom. The summed E-state index contributed by atoms with van der Waals surface area (Å²) in [6.07, 6.45) is 0. The van der Waals surface area contributed by atoms with Crippen LogP contribution in [-0.4, -0.2) is 4.90 Å². The summed E-state index contributed by atoms with van der Waals surface area (Å²) in [6.45, 7) is 5.29. The summed E-state index contributed by atoms with van der Waals surface area (Å²) >= 11 is 0. The molecule has 3 heteroatoms. The molecule has 0 aromatic heterocycles. The maximum Gasteiger partial charge on any atom is 0.127 e. The van der Waals surface area contributed by atoms with Gasteiger partial charge in [-0.2, -0.15) is 0 Å². The van der Waals surface area contributed by atoms with Gasteiger partial charge in [0.15, 0.2) is 0 Å². The Hall–Kier alpha value is -3.40. The van der Waals surface area contributed by atoms with Crippen LogP contribution in [0.25, 0.3) is 0 Å². The molecule has 0 fully saturated rings. The van der Waals surface area contributed by atoms with E-state index in [4.69, 9.17) is 10.5 Å². The summed E-state index contributed by atoms with van der Waals surface area (Å²) in [5, 5.41) is 0. The molecule has 0 unspecified atom stereocenters. The molecule has 4 rings (SSSR count). The fourth-order valence-corrected chi connectivity index (χ4v) is 3.87. The maximum atomic E-state index is 6.05. The van der Waals surface area contributed by atoms with Crippen LogP contribution in [0.2, 0.25) is 0 Å². The van der Waals surface area contributed by atoms with Crippen molar-refractivity contribution in [2.45, 2.75) is 33.1 Å². The van der Waals surface area contributed by atoms with Gasteiger partial charge in [-0.15, -0.1) is 0 Å². The van der Waals surface area contributed by atoms with Gasteiger partial charge in [0.2, 0.25) is 0 Å². The number of rotatable bonds is 9. The average Bonchev–Trinajstić information content (AvgIpc) is 2.80. The van der Waals surface area contributed by atoms with Gasteiger partial charge in [0.1, 0.15) is 11.5 Å². The van der Waals surface area contributed by atoms with Crippen LogP contribution in [0, 0.1) is 6.92 Å². The van der Waals surface area contributed by atoms with E-state index in [9.17, 15) is 0 Å². The van der Waals surface area contributed by atoms with Crippen molar-refractivity contribution in [3.63, 3.8) is 0 Å². The summed E-state index contributed by atoms with van der Waals surface area (Å²) in [6, 6.07) is 35.6. The minimum absolute atomic E-state index is 0.571. The standard InChI is InChI=1S/C29H30N2O/c1-23-7-5-8-26(17-23)21-31(20-25-15-13-24(19-30)14-16-25)22-27-9-6-12-29(18-27)32-28-10-3-2-4-11-28/h2-18H,19-22,30H2,1H3. The number of benzene rings is 4. The topological polar surface area (TPSA) is 38.5 Å². The average molecular weight is 423 g/mol. The van der Waals surface area contributed by atoms with Gasteiger partial charge in [0.05, 0.1) is 0 Å². The van der Waals surface area contributed by atoms with Crippen molar-refractivity contribution in [2.24, 2.45) is 5.73 Å². The molecule has 0 heterocycles. The number of hydrogen-bond acceptors (Lipinski definition) is 3. The lowest BCUT2D eigenvalue weighted by Gasteiger charge is -2.23. The molecule has 0 spiro atoms. The van der Waals surface area contributed by atoms with Crippen LogP contribution in [0.15, 0.2) is 103 Å². The van der Waals surface area contributed by atoms with Crippen LogP contribution in [0.1, 0.15) is 27.8 Å². The summed E-state index contributed by atoms with van der Waals surface area (Å²) in [5.74, 6) is 1.71. The Morgan fingerprint density at radius 2 is 1.19 bits per heavy atom. The molecule has 0 aliphatic rings. The molecule has 3 nitrogen and oxygen atoms in total. The molecule has 0 aliphatic carbocycles. The maximum absolute atomic E-state index is 6.05. The van der Waals surface area contributed by atoms with E-state index in [1.165, 1.54) is 22.3 Å². The van der Waals surface area contributed by atoms with E-state index in [1.54, 1.807) is 0 Å². The second kappa shape index (κ2) is 10.8. The van der Waals surface area contributed by atoms with Gasteiger partial charge in [-0.3, -0.25) is 4.90 Å². The molecule has 32 heavy (non-hydrogen) atoms. The predicted molar refractivity (Wildman–Crippen MR) is 131 cm³/mol. The molecule has 162 valence electrons. The molecule has 2 N–H and O–H groups in total. The Morgan fingerprint density at radius 1 is 0.594 bits per heavy atom. The number of ether oxygens (including phenoxy) is 1. The van der Waals surface area contributed by atoms with Crippen LogP contribution in [0.5, 0.6) is 11.5 Å². The van der Waals surface area contributed by atoms with Crippen molar-refractivity contribution in [1.29, 1.82) is 0 Å². The molecule has 4 aromatic carbocycles. The first-order valence-electron chi connectivity index (χ1n) is 11.1. The van der Waals surface area contributed by atoms with E-state index in [2.05, 4.69) is 78.6 Å². The van der Waals surface area contributed by atoms with Gasteiger partial charge < -0.3 is 10.5 Å². The highest BCUT2D eigenvalue weighted by Gasteiger charge is 2.10. The lowest BCUT2D eigenvalue weighted by Crippen LogP contribution is -2.22. The zero-order chi connectivity index (χ0) is 22.2. The van der Waals surface area contributed by atoms with Crippen molar-refractivity contribution in [2.75, 3.05) is 0 Å². The first-order valence-corrected chi connectivity index (χ1v) is 11.1. The molecular weight excluding hydrogens is 392 g/mol. The first-order chi connectivity index (χ1) is 15.7. The number of hydrogen-bond donors (Lipinski definition) is 1. The highest BCUT2D eigenvalue weighted by molar-refractivity contribution is 5.34. The third-order valence-corrected chi connectivity index (χ3v) is 5.44. The zero-order valence-corrected chi connectivity index (χ0v) is 18.6. The van der Waals surface area contributed by atoms with Crippen molar-refractivity contribution in [3.05, 3.63) is 131 Å². The monoisotopic (exact) mass is 422 g/mol. The predicted octanol–water partition coefficient (Wildman–Crippen LogP) is 6.45. The zero-order valence-electron chi connectivity index (χ0n) is 18.6. The molecular formula is C29H30N2O. The van der Waals surface area contributed by atoms with Gasteiger partial charge in [0.25, 0.3) is 0 Å². The second-order valence-electron chi connectivity index (χ2n) is 8.22. The fraction of sp³-hybridized carbons (Fsp3) is 0.172. The van der Waals surface area contributed by atoms with Crippen LogP contribution in [0.3, 0.4) is 0 Å². The Balaban J connectivity index is 1.53. The molecule has 0 saturated carbocycles. The van der Waals surface area contributed by atoms with Crippen molar-refractivity contribution < 1.29 is 4.74 Å². The van der Waals surface area contributed by atoms with Crippen LogP contribution in [-0.2, 0) is 26.2 Å². The third kappa shape index (κ3) is 6.30. The van der Waals surface area contributed by atoms with Gasteiger partial charge in [0, 0.05) is 26.2 Å². The Labute approximate surface area is 191 Å². The molecule has 0 saturated heterocycles. The van der Waals surface area contributed by atoms with E-state index in [0.29, 0.717) is 6.54 Å². The fourth-order valence-electron chi connectivity index (χ4n) is 3.87. The summed E-state index contributed by atoms with van der Waals surface area (Å²) in [7, 11) is 0. The van der Waals surface area contributed by atoms with Gasteiger partial charge in [-0.05, 0) is 53.4 Å². The molecule has 0 amide bonds. The van der Waals surface area contributed by atoms with Crippen LogP contribution >= 0.6 is 0 Å². The van der Waals surface area contributed by atoms with Crippen molar-refractivity contribution in [3.8, 4) is 11.5 Å². The molecule has 0 radical (unpaired) electrons. The normalized spacial score (nSPS) is 11.0. The van der Waals surface area contributed by atoms with Gasteiger partial charge >= 0.3 is 0 Å². The first kappa shape index (κ1) is 21.8. The van der Waals surface area contributed by atoms with E-state index in [-0.39, 0.29) is 0 Å². The molecule has 0 atom stereocenters. The number of aryl methyl sites for hydroxylation is 1. The highest BCUT2D eigenvalue weighted by atomic mass is 16.5.